The van der Waals surface area contributed by atoms with Gasteiger partial charge in [-0.2, -0.15) is 0 Å². The lowest BCUT2D eigenvalue weighted by Gasteiger charge is -1.88. The first-order valence-electron chi connectivity index (χ1n) is 3.94. The van der Waals surface area contributed by atoms with E-state index in [1.807, 2.05) is 36.4 Å². The van der Waals surface area contributed by atoms with E-state index in [1.54, 1.807) is 6.08 Å². The minimum atomic E-state index is 0.517. The molecule has 0 bridgehead atoms. The Labute approximate surface area is 75.7 Å². The highest BCUT2D eigenvalue weighted by molar-refractivity contribution is 5.65. The van der Waals surface area contributed by atoms with Crippen LogP contribution in [0.2, 0.25) is 0 Å². The Balaban J connectivity index is 2.15. The van der Waals surface area contributed by atoms with Crippen molar-refractivity contribution >= 4 is 12.2 Å². The maximum Gasteiger partial charge on any atom is 0.240 e. The molecule has 0 amide bonds. The summed E-state index contributed by atoms with van der Waals surface area (Å²) >= 11 is 0. The number of nitrogens with zero attached hydrogens (tertiary/aromatic N) is 2. The van der Waals surface area contributed by atoms with Crippen LogP contribution in [0, 0.1) is 0 Å². The van der Waals surface area contributed by atoms with Crippen LogP contribution in [-0.4, -0.2) is 10.2 Å². The van der Waals surface area contributed by atoms with Crippen molar-refractivity contribution < 1.29 is 4.42 Å². The molecule has 0 radical (unpaired) electrons. The van der Waals surface area contributed by atoms with Gasteiger partial charge in [0.15, 0.2) is 0 Å². The minimum Gasteiger partial charge on any atom is -0.424 e. The molecule has 3 nitrogen and oxygen atoms in total. The summed E-state index contributed by atoms with van der Waals surface area (Å²) in [7, 11) is 0. The van der Waals surface area contributed by atoms with Gasteiger partial charge in [0.05, 0.1) is 0 Å². The van der Waals surface area contributed by atoms with E-state index in [-0.39, 0.29) is 0 Å². The summed E-state index contributed by atoms with van der Waals surface area (Å²) in [6.45, 7) is 0. The molecule has 0 N–H and O–H groups in total. The fourth-order valence-corrected chi connectivity index (χ4v) is 0.986. The lowest BCUT2D eigenvalue weighted by Crippen LogP contribution is -1.71. The van der Waals surface area contributed by atoms with E-state index >= 15 is 0 Å². The second-order valence-corrected chi connectivity index (χ2v) is 2.52. The molecule has 3 heteroatoms. The molecule has 0 unspecified atom stereocenters. The topological polar surface area (TPSA) is 38.9 Å². The van der Waals surface area contributed by atoms with Gasteiger partial charge >= 0.3 is 0 Å². The third kappa shape index (κ3) is 2.02. The van der Waals surface area contributed by atoms with Crippen LogP contribution < -0.4 is 0 Å². The molecule has 2 aromatic rings. The smallest absolute Gasteiger partial charge is 0.240 e. The van der Waals surface area contributed by atoms with Gasteiger partial charge in [-0.25, -0.2) is 0 Å². The monoisotopic (exact) mass is 172 g/mol. The lowest BCUT2D eigenvalue weighted by molar-refractivity contribution is 0.543. The van der Waals surface area contributed by atoms with Gasteiger partial charge in [0.1, 0.15) is 0 Å². The van der Waals surface area contributed by atoms with Crippen LogP contribution in [0.25, 0.3) is 12.2 Å². The molecule has 0 aliphatic heterocycles. The van der Waals surface area contributed by atoms with Crippen LogP contribution in [0.5, 0.6) is 0 Å². The van der Waals surface area contributed by atoms with E-state index in [9.17, 15) is 0 Å². The Kier molecular flexibility index (Phi) is 2.18. The molecule has 2 rings (SSSR count). The van der Waals surface area contributed by atoms with Crippen molar-refractivity contribution in [2.45, 2.75) is 0 Å². The molecule has 0 atom stereocenters. The van der Waals surface area contributed by atoms with Gasteiger partial charge in [0.2, 0.25) is 12.3 Å². The Morgan fingerprint density at radius 3 is 2.62 bits per heavy atom. The summed E-state index contributed by atoms with van der Waals surface area (Å²) in [6, 6.07) is 9.95. The zero-order valence-corrected chi connectivity index (χ0v) is 6.92. The molecule has 64 valence electrons. The van der Waals surface area contributed by atoms with Gasteiger partial charge in [-0.3, -0.25) is 0 Å². The Bertz CT molecular complexity index is 379. The molecule has 0 aliphatic rings. The van der Waals surface area contributed by atoms with Crippen LogP contribution >= 0.6 is 0 Å². The molecular formula is C10H8N2O. The first-order chi connectivity index (χ1) is 6.45. The normalized spacial score (nSPS) is 10.8. The summed E-state index contributed by atoms with van der Waals surface area (Å²) in [5.41, 5.74) is 1.11. The van der Waals surface area contributed by atoms with Crippen molar-refractivity contribution in [3.05, 3.63) is 48.2 Å². The van der Waals surface area contributed by atoms with Crippen LogP contribution in [0.3, 0.4) is 0 Å². The van der Waals surface area contributed by atoms with Gasteiger partial charge in [-0.1, -0.05) is 30.3 Å². The molecule has 0 saturated carbocycles. The van der Waals surface area contributed by atoms with E-state index in [0.717, 1.165) is 5.56 Å². The predicted molar refractivity (Wildman–Crippen MR) is 49.7 cm³/mol. The zero-order chi connectivity index (χ0) is 8.93. The van der Waals surface area contributed by atoms with Crippen molar-refractivity contribution in [3.8, 4) is 0 Å². The molecule has 0 saturated heterocycles. The molecule has 0 aliphatic carbocycles. The predicted octanol–water partition coefficient (Wildman–Crippen LogP) is 2.24. The fourth-order valence-electron chi connectivity index (χ4n) is 0.986. The number of hydrogen-bond acceptors (Lipinski definition) is 3. The van der Waals surface area contributed by atoms with E-state index < -0.39 is 0 Å². The highest BCUT2D eigenvalue weighted by Gasteiger charge is 1.89. The Hall–Kier alpha value is -1.90. The highest BCUT2D eigenvalue weighted by Crippen LogP contribution is 2.04. The fraction of sp³-hybridized carbons (Fsp3) is 0. The molecule has 1 heterocycles. The van der Waals surface area contributed by atoms with Crippen molar-refractivity contribution in [2.75, 3.05) is 0 Å². The van der Waals surface area contributed by atoms with Crippen LogP contribution in [0.4, 0.5) is 0 Å². The van der Waals surface area contributed by atoms with Crippen LogP contribution in [-0.2, 0) is 0 Å². The maximum absolute atomic E-state index is 4.95. The molecule has 0 spiro atoms. The summed E-state index contributed by atoms with van der Waals surface area (Å²) in [4.78, 5) is 0. The van der Waals surface area contributed by atoms with E-state index in [2.05, 4.69) is 10.2 Å². The number of rotatable bonds is 2. The highest BCUT2D eigenvalue weighted by atomic mass is 16.4. The second-order valence-electron chi connectivity index (χ2n) is 2.52. The lowest BCUT2D eigenvalue weighted by atomic mass is 10.2. The van der Waals surface area contributed by atoms with Crippen LogP contribution in [0.15, 0.2) is 41.1 Å². The molecule has 13 heavy (non-hydrogen) atoms. The third-order valence-corrected chi connectivity index (χ3v) is 1.59. The average molecular weight is 172 g/mol. The zero-order valence-electron chi connectivity index (χ0n) is 6.92. The van der Waals surface area contributed by atoms with Crippen molar-refractivity contribution in [1.82, 2.24) is 10.2 Å². The van der Waals surface area contributed by atoms with Crippen molar-refractivity contribution in [3.63, 3.8) is 0 Å². The molecule has 1 aromatic heterocycles. The van der Waals surface area contributed by atoms with Gasteiger partial charge in [0, 0.05) is 6.08 Å². The first kappa shape index (κ1) is 7.73. The summed E-state index contributed by atoms with van der Waals surface area (Å²) in [6.07, 6.45) is 5.01. The standard InChI is InChI=1S/C10H8N2O/c1-2-4-9(5-3-1)6-7-10-12-11-8-13-10/h1-8H/b7-6+. The van der Waals surface area contributed by atoms with E-state index in [4.69, 9.17) is 4.42 Å². The molecular weight excluding hydrogens is 164 g/mol. The first-order valence-corrected chi connectivity index (χ1v) is 3.94. The third-order valence-electron chi connectivity index (χ3n) is 1.59. The SMILES string of the molecule is C(=C\c1nnco1)/c1ccccc1. The van der Waals surface area contributed by atoms with Gasteiger partial charge in [-0.15, -0.1) is 10.2 Å². The van der Waals surface area contributed by atoms with Gasteiger partial charge in [0.25, 0.3) is 0 Å². The number of benzene rings is 1. The number of aromatic nitrogens is 2. The summed E-state index contributed by atoms with van der Waals surface area (Å²) < 4.78 is 4.95. The molecule has 0 fully saturated rings. The second kappa shape index (κ2) is 3.67. The Morgan fingerprint density at radius 2 is 1.92 bits per heavy atom. The van der Waals surface area contributed by atoms with Gasteiger partial charge in [-0.05, 0) is 11.6 Å². The number of hydrogen-bond donors (Lipinski definition) is 0. The van der Waals surface area contributed by atoms with Crippen molar-refractivity contribution in [1.29, 1.82) is 0 Å². The summed E-state index contributed by atoms with van der Waals surface area (Å²) in [5.74, 6) is 0.517. The minimum absolute atomic E-state index is 0.517. The van der Waals surface area contributed by atoms with E-state index in [1.165, 1.54) is 6.39 Å². The van der Waals surface area contributed by atoms with Crippen molar-refractivity contribution in [2.24, 2.45) is 0 Å². The molecule has 1 aromatic carbocycles. The largest absolute Gasteiger partial charge is 0.424 e. The summed E-state index contributed by atoms with van der Waals surface area (Å²) in [5, 5.41) is 7.29. The van der Waals surface area contributed by atoms with Gasteiger partial charge < -0.3 is 4.42 Å². The average Bonchev–Trinajstić information content (AvgIpc) is 2.69. The quantitative estimate of drug-likeness (QED) is 0.697. The maximum atomic E-state index is 4.95. The Morgan fingerprint density at radius 1 is 1.08 bits per heavy atom. The van der Waals surface area contributed by atoms with E-state index in [0.29, 0.717) is 5.89 Å². The van der Waals surface area contributed by atoms with Crippen LogP contribution in [0.1, 0.15) is 11.5 Å².